The Morgan fingerprint density at radius 3 is 2.33 bits per heavy atom. The summed E-state index contributed by atoms with van der Waals surface area (Å²) in [6, 6.07) is 6.99. The summed E-state index contributed by atoms with van der Waals surface area (Å²) in [5.74, 6) is 0.0996. The van der Waals surface area contributed by atoms with Crippen molar-refractivity contribution in [2.24, 2.45) is 0 Å². The molecule has 0 radical (unpaired) electrons. The third-order valence-corrected chi connectivity index (χ3v) is 2.03. The molecule has 0 N–H and O–H groups in total. The van der Waals surface area contributed by atoms with Gasteiger partial charge in [-0.1, -0.05) is 25.3 Å². The van der Waals surface area contributed by atoms with Gasteiger partial charge in [-0.25, -0.2) is 4.79 Å². The second-order valence-corrected chi connectivity index (χ2v) is 4.28. The maximum Gasteiger partial charge on any atom is 0.342 e. The monoisotopic (exact) mass is 246 g/mol. The molecule has 0 atom stereocenters. The fourth-order valence-corrected chi connectivity index (χ4v) is 1.23. The van der Waals surface area contributed by atoms with E-state index in [4.69, 9.17) is 9.47 Å². The minimum atomic E-state index is -0.407. The molecule has 0 fully saturated rings. The summed E-state index contributed by atoms with van der Waals surface area (Å²) in [5.41, 5.74) is 2.10. The standard InChI is InChI=1S/C15H18O3/c1-11(2)9-17-14-8-6-5-7-13(14)15(16)18-10-12(3)4/h5-8H,1,3,9-10H2,2,4H3. The Morgan fingerprint density at radius 1 is 1.11 bits per heavy atom. The van der Waals surface area contributed by atoms with Crippen LogP contribution in [0.25, 0.3) is 0 Å². The molecule has 0 aliphatic heterocycles. The molecule has 96 valence electrons. The Kier molecular flexibility index (Phi) is 5.18. The molecule has 0 saturated heterocycles. The molecule has 1 aromatic rings. The van der Waals surface area contributed by atoms with Crippen molar-refractivity contribution in [1.82, 2.24) is 0 Å². The van der Waals surface area contributed by atoms with E-state index in [1.165, 1.54) is 0 Å². The maximum atomic E-state index is 11.8. The Balaban J connectivity index is 2.77. The fraction of sp³-hybridized carbons (Fsp3) is 0.267. The van der Waals surface area contributed by atoms with Crippen molar-refractivity contribution in [2.45, 2.75) is 13.8 Å². The Morgan fingerprint density at radius 2 is 1.72 bits per heavy atom. The van der Waals surface area contributed by atoms with Gasteiger partial charge >= 0.3 is 5.97 Å². The van der Waals surface area contributed by atoms with Crippen molar-refractivity contribution in [1.29, 1.82) is 0 Å². The molecule has 0 saturated carbocycles. The second kappa shape index (κ2) is 6.64. The number of hydrogen-bond acceptors (Lipinski definition) is 3. The van der Waals surface area contributed by atoms with E-state index < -0.39 is 5.97 Å². The van der Waals surface area contributed by atoms with Crippen LogP contribution in [0.2, 0.25) is 0 Å². The van der Waals surface area contributed by atoms with Crippen molar-refractivity contribution in [3.05, 3.63) is 54.1 Å². The lowest BCUT2D eigenvalue weighted by Gasteiger charge is -2.11. The van der Waals surface area contributed by atoms with Crippen molar-refractivity contribution in [3.8, 4) is 5.75 Å². The van der Waals surface area contributed by atoms with E-state index in [0.717, 1.165) is 11.1 Å². The first-order valence-corrected chi connectivity index (χ1v) is 5.68. The smallest absolute Gasteiger partial charge is 0.342 e. The summed E-state index contributed by atoms with van der Waals surface area (Å²) in [5, 5.41) is 0. The molecular formula is C15H18O3. The number of carbonyl (C=O) groups is 1. The first-order chi connectivity index (χ1) is 8.50. The summed E-state index contributed by atoms with van der Waals surface area (Å²) in [4.78, 5) is 11.8. The van der Waals surface area contributed by atoms with Gasteiger partial charge in [0.1, 0.15) is 24.5 Å². The highest BCUT2D eigenvalue weighted by Crippen LogP contribution is 2.19. The number of esters is 1. The molecule has 0 aliphatic rings. The highest BCUT2D eigenvalue weighted by Gasteiger charge is 2.13. The highest BCUT2D eigenvalue weighted by atomic mass is 16.5. The molecule has 0 amide bonds. The van der Waals surface area contributed by atoms with Crippen molar-refractivity contribution in [2.75, 3.05) is 13.2 Å². The molecule has 0 spiro atoms. The number of carbonyl (C=O) groups excluding carboxylic acids is 1. The van der Waals surface area contributed by atoms with Gasteiger partial charge in [0.15, 0.2) is 0 Å². The number of rotatable bonds is 6. The van der Waals surface area contributed by atoms with Crippen LogP contribution < -0.4 is 4.74 Å². The molecular weight excluding hydrogens is 228 g/mol. The average Bonchev–Trinajstić information content (AvgIpc) is 2.33. The third kappa shape index (κ3) is 4.45. The Bertz CT molecular complexity index is 461. The SMILES string of the molecule is C=C(C)COC(=O)c1ccccc1OCC(=C)C. The second-order valence-electron chi connectivity index (χ2n) is 4.28. The van der Waals surface area contributed by atoms with Crippen molar-refractivity contribution >= 4 is 5.97 Å². The quantitative estimate of drug-likeness (QED) is 0.570. The van der Waals surface area contributed by atoms with Crippen LogP contribution in [0.15, 0.2) is 48.6 Å². The number of para-hydroxylation sites is 1. The van der Waals surface area contributed by atoms with E-state index in [0.29, 0.717) is 17.9 Å². The zero-order chi connectivity index (χ0) is 13.5. The number of hydrogen-bond donors (Lipinski definition) is 0. The van der Waals surface area contributed by atoms with Gasteiger partial charge in [-0.2, -0.15) is 0 Å². The van der Waals surface area contributed by atoms with Gasteiger partial charge in [0.25, 0.3) is 0 Å². The molecule has 18 heavy (non-hydrogen) atoms. The predicted octanol–water partition coefficient (Wildman–Crippen LogP) is 3.37. The minimum Gasteiger partial charge on any atom is -0.488 e. The minimum absolute atomic E-state index is 0.216. The van der Waals surface area contributed by atoms with Crippen LogP contribution in [0, 0.1) is 0 Å². The number of benzene rings is 1. The molecule has 3 heteroatoms. The van der Waals surface area contributed by atoms with Crippen LogP contribution in [0.5, 0.6) is 5.75 Å². The van der Waals surface area contributed by atoms with Gasteiger partial charge in [0.05, 0.1) is 0 Å². The molecule has 0 aliphatic carbocycles. The Hall–Kier alpha value is -2.03. The van der Waals surface area contributed by atoms with Crippen molar-refractivity contribution in [3.63, 3.8) is 0 Å². The molecule has 0 unspecified atom stereocenters. The van der Waals surface area contributed by atoms with Crippen LogP contribution in [0.1, 0.15) is 24.2 Å². The lowest BCUT2D eigenvalue weighted by atomic mass is 10.2. The van der Waals surface area contributed by atoms with E-state index in [2.05, 4.69) is 13.2 Å². The fourth-order valence-electron chi connectivity index (χ4n) is 1.23. The van der Waals surface area contributed by atoms with Gasteiger partial charge < -0.3 is 9.47 Å². The summed E-state index contributed by atoms with van der Waals surface area (Å²) >= 11 is 0. The first-order valence-electron chi connectivity index (χ1n) is 5.68. The van der Waals surface area contributed by atoms with Gasteiger partial charge in [0, 0.05) is 0 Å². The van der Waals surface area contributed by atoms with Crippen LogP contribution in [-0.4, -0.2) is 19.2 Å². The molecule has 0 aromatic heterocycles. The molecule has 3 nitrogen and oxygen atoms in total. The van der Waals surface area contributed by atoms with E-state index in [9.17, 15) is 4.79 Å². The lowest BCUT2D eigenvalue weighted by Crippen LogP contribution is -2.10. The van der Waals surface area contributed by atoms with E-state index in [1.54, 1.807) is 25.1 Å². The molecule has 1 aromatic carbocycles. The summed E-state index contributed by atoms with van der Waals surface area (Å²) in [7, 11) is 0. The van der Waals surface area contributed by atoms with Crippen molar-refractivity contribution < 1.29 is 14.3 Å². The van der Waals surface area contributed by atoms with Gasteiger partial charge in [-0.15, -0.1) is 0 Å². The molecule has 0 heterocycles. The first kappa shape index (κ1) is 14.0. The van der Waals surface area contributed by atoms with Crippen LogP contribution >= 0.6 is 0 Å². The largest absolute Gasteiger partial charge is 0.488 e. The number of ether oxygens (including phenoxy) is 2. The molecule has 0 bridgehead atoms. The average molecular weight is 246 g/mol. The van der Waals surface area contributed by atoms with Crippen LogP contribution in [0.4, 0.5) is 0 Å². The normalized spacial score (nSPS) is 9.67. The topological polar surface area (TPSA) is 35.5 Å². The van der Waals surface area contributed by atoms with Crippen LogP contribution in [0.3, 0.4) is 0 Å². The predicted molar refractivity (Wildman–Crippen MR) is 71.8 cm³/mol. The zero-order valence-corrected chi connectivity index (χ0v) is 10.9. The third-order valence-electron chi connectivity index (χ3n) is 2.03. The summed E-state index contributed by atoms with van der Waals surface area (Å²) in [6.07, 6.45) is 0. The van der Waals surface area contributed by atoms with Gasteiger partial charge in [-0.05, 0) is 37.1 Å². The van der Waals surface area contributed by atoms with Gasteiger partial charge in [0.2, 0.25) is 0 Å². The summed E-state index contributed by atoms with van der Waals surface area (Å²) < 4.78 is 10.6. The van der Waals surface area contributed by atoms with Crippen LogP contribution in [-0.2, 0) is 4.74 Å². The highest BCUT2D eigenvalue weighted by molar-refractivity contribution is 5.92. The Labute approximate surface area is 108 Å². The van der Waals surface area contributed by atoms with E-state index >= 15 is 0 Å². The zero-order valence-electron chi connectivity index (χ0n) is 10.9. The lowest BCUT2D eigenvalue weighted by molar-refractivity contribution is 0.0536. The van der Waals surface area contributed by atoms with E-state index in [1.807, 2.05) is 13.0 Å². The van der Waals surface area contributed by atoms with Gasteiger partial charge in [-0.3, -0.25) is 0 Å². The summed E-state index contributed by atoms with van der Waals surface area (Å²) in [6.45, 7) is 11.7. The molecule has 1 rings (SSSR count). The maximum absolute atomic E-state index is 11.8. The van der Waals surface area contributed by atoms with E-state index in [-0.39, 0.29) is 6.61 Å².